The number of carbonyl (C=O) groups is 2. The molecule has 0 atom stereocenters. The van der Waals surface area contributed by atoms with Gasteiger partial charge in [-0.15, -0.1) is 0 Å². The number of carbonyl (C=O) groups excluding carboxylic acids is 1. The largest absolute Gasteiger partial charge is 0.480 e. The Balaban J connectivity index is 2.04. The SMILES string of the molecule is CCC1(NC(=O)C2(C(=O)O)CCC2)CCC1. The number of rotatable bonds is 4. The van der Waals surface area contributed by atoms with Crippen LogP contribution in [0.3, 0.4) is 0 Å². The minimum atomic E-state index is -1.11. The number of amides is 1. The van der Waals surface area contributed by atoms with E-state index in [-0.39, 0.29) is 11.4 Å². The Labute approximate surface area is 95.4 Å². The van der Waals surface area contributed by atoms with Crippen LogP contribution in [0.25, 0.3) is 0 Å². The van der Waals surface area contributed by atoms with Crippen molar-refractivity contribution in [3.63, 3.8) is 0 Å². The Hall–Kier alpha value is -1.06. The van der Waals surface area contributed by atoms with Crippen molar-refractivity contribution in [2.45, 2.75) is 57.4 Å². The Morgan fingerprint density at radius 1 is 1.19 bits per heavy atom. The summed E-state index contributed by atoms with van der Waals surface area (Å²) in [5, 5.41) is 12.1. The molecule has 0 aliphatic heterocycles. The van der Waals surface area contributed by atoms with Crippen molar-refractivity contribution in [3.8, 4) is 0 Å². The quantitative estimate of drug-likeness (QED) is 0.715. The molecule has 0 aromatic rings. The Kier molecular flexibility index (Phi) is 2.68. The first-order chi connectivity index (χ1) is 7.55. The van der Waals surface area contributed by atoms with E-state index in [1.807, 2.05) is 6.92 Å². The molecule has 2 aliphatic rings. The molecule has 0 spiro atoms. The van der Waals surface area contributed by atoms with Crippen molar-refractivity contribution in [2.24, 2.45) is 5.41 Å². The molecule has 16 heavy (non-hydrogen) atoms. The summed E-state index contributed by atoms with van der Waals surface area (Å²) in [5.74, 6) is -1.21. The molecule has 2 N–H and O–H groups in total. The fourth-order valence-corrected chi connectivity index (χ4v) is 2.60. The third-order valence-corrected chi connectivity index (χ3v) is 4.42. The van der Waals surface area contributed by atoms with E-state index >= 15 is 0 Å². The van der Waals surface area contributed by atoms with Gasteiger partial charge in [-0.05, 0) is 38.5 Å². The molecule has 0 aromatic carbocycles. The lowest BCUT2D eigenvalue weighted by atomic mass is 9.66. The highest BCUT2D eigenvalue weighted by molar-refractivity contribution is 6.03. The zero-order valence-electron chi connectivity index (χ0n) is 9.71. The molecular weight excluding hydrogens is 206 g/mol. The van der Waals surface area contributed by atoms with Gasteiger partial charge in [0.15, 0.2) is 0 Å². The molecule has 2 fully saturated rings. The van der Waals surface area contributed by atoms with Gasteiger partial charge in [0.25, 0.3) is 0 Å². The van der Waals surface area contributed by atoms with Gasteiger partial charge >= 0.3 is 5.97 Å². The number of carboxylic acid groups (broad SMARTS) is 1. The van der Waals surface area contributed by atoms with Crippen LogP contribution in [-0.2, 0) is 9.59 Å². The van der Waals surface area contributed by atoms with Crippen molar-refractivity contribution in [1.82, 2.24) is 5.32 Å². The maximum atomic E-state index is 12.1. The van der Waals surface area contributed by atoms with E-state index in [0.717, 1.165) is 32.1 Å². The first kappa shape index (κ1) is 11.4. The summed E-state index contributed by atoms with van der Waals surface area (Å²) in [7, 11) is 0. The van der Waals surface area contributed by atoms with Crippen molar-refractivity contribution in [2.75, 3.05) is 0 Å². The van der Waals surface area contributed by atoms with Gasteiger partial charge in [-0.2, -0.15) is 0 Å². The lowest BCUT2D eigenvalue weighted by molar-refractivity contribution is -0.163. The smallest absolute Gasteiger partial charge is 0.319 e. The van der Waals surface area contributed by atoms with Crippen molar-refractivity contribution in [1.29, 1.82) is 0 Å². The van der Waals surface area contributed by atoms with Gasteiger partial charge in [0.05, 0.1) is 0 Å². The van der Waals surface area contributed by atoms with E-state index < -0.39 is 11.4 Å². The fraction of sp³-hybridized carbons (Fsp3) is 0.833. The first-order valence-electron chi connectivity index (χ1n) is 6.11. The molecular formula is C12H19NO3. The van der Waals surface area contributed by atoms with Gasteiger partial charge in [-0.25, -0.2) is 0 Å². The summed E-state index contributed by atoms with van der Waals surface area (Å²) in [6, 6.07) is 0. The molecule has 0 aromatic heterocycles. The number of hydrogen-bond donors (Lipinski definition) is 2. The average Bonchev–Trinajstić information content (AvgIpc) is 2.08. The normalized spacial score (nSPS) is 25.1. The van der Waals surface area contributed by atoms with Crippen molar-refractivity contribution in [3.05, 3.63) is 0 Å². The molecule has 2 aliphatic carbocycles. The average molecular weight is 225 g/mol. The predicted octanol–water partition coefficient (Wildman–Crippen LogP) is 1.69. The first-order valence-corrected chi connectivity index (χ1v) is 6.11. The minimum Gasteiger partial charge on any atom is -0.480 e. The lowest BCUT2D eigenvalue weighted by Crippen LogP contribution is -2.60. The van der Waals surface area contributed by atoms with Crippen LogP contribution in [0.5, 0.6) is 0 Å². The Morgan fingerprint density at radius 2 is 1.75 bits per heavy atom. The maximum absolute atomic E-state index is 12.1. The van der Waals surface area contributed by atoms with E-state index in [1.165, 1.54) is 0 Å². The number of aliphatic carboxylic acids is 1. The molecule has 2 saturated carbocycles. The highest BCUT2D eigenvalue weighted by Crippen LogP contribution is 2.43. The third-order valence-electron chi connectivity index (χ3n) is 4.42. The van der Waals surface area contributed by atoms with E-state index in [2.05, 4.69) is 5.32 Å². The summed E-state index contributed by atoms with van der Waals surface area (Å²) in [4.78, 5) is 23.2. The summed E-state index contributed by atoms with van der Waals surface area (Å²) in [6.07, 6.45) is 5.85. The standard InChI is InChI=1S/C12H19NO3/c1-2-11(5-3-6-11)13-9(14)12(10(15)16)7-4-8-12/h2-8H2,1H3,(H,13,14)(H,15,16). The second-order valence-corrected chi connectivity index (χ2v) is 5.18. The number of carboxylic acids is 1. The van der Waals surface area contributed by atoms with Gasteiger partial charge in [0.1, 0.15) is 5.41 Å². The van der Waals surface area contributed by atoms with Crippen molar-refractivity contribution < 1.29 is 14.7 Å². The molecule has 0 heterocycles. The van der Waals surface area contributed by atoms with Crippen LogP contribution >= 0.6 is 0 Å². The summed E-state index contributed by atoms with van der Waals surface area (Å²) >= 11 is 0. The van der Waals surface area contributed by atoms with Crippen LogP contribution in [0.4, 0.5) is 0 Å². The van der Waals surface area contributed by atoms with Crippen LogP contribution in [0.2, 0.25) is 0 Å². The molecule has 90 valence electrons. The Bertz CT molecular complexity index is 311. The van der Waals surface area contributed by atoms with E-state index in [4.69, 9.17) is 5.11 Å². The van der Waals surface area contributed by atoms with Crippen molar-refractivity contribution >= 4 is 11.9 Å². The lowest BCUT2D eigenvalue weighted by Gasteiger charge is -2.46. The summed E-state index contributed by atoms with van der Waals surface area (Å²) in [5.41, 5.74) is -1.22. The predicted molar refractivity (Wildman–Crippen MR) is 58.9 cm³/mol. The minimum absolute atomic E-state index is 0.102. The fourth-order valence-electron chi connectivity index (χ4n) is 2.60. The zero-order chi connectivity index (χ0) is 11.8. The van der Waals surface area contributed by atoms with Crippen LogP contribution in [-0.4, -0.2) is 22.5 Å². The van der Waals surface area contributed by atoms with Crippen LogP contribution in [0.1, 0.15) is 51.9 Å². The molecule has 0 bridgehead atoms. The van der Waals surface area contributed by atoms with Gasteiger partial charge in [-0.3, -0.25) is 9.59 Å². The second kappa shape index (κ2) is 3.75. The molecule has 4 nitrogen and oxygen atoms in total. The topological polar surface area (TPSA) is 66.4 Å². The molecule has 4 heteroatoms. The van der Waals surface area contributed by atoms with E-state index in [0.29, 0.717) is 12.8 Å². The highest BCUT2D eigenvalue weighted by Gasteiger charge is 2.53. The van der Waals surface area contributed by atoms with Crippen LogP contribution in [0.15, 0.2) is 0 Å². The summed E-state index contributed by atoms with van der Waals surface area (Å²) in [6.45, 7) is 2.05. The van der Waals surface area contributed by atoms with Gasteiger partial charge in [0, 0.05) is 5.54 Å². The van der Waals surface area contributed by atoms with E-state index in [9.17, 15) is 9.59 Å². The van der Waals surface area contributed by atoms with Crippen LogP contribution in [0, 0.1) is 5.41 Å². The number of nitrogens with one attached hydrogen (secondary N) is 1. The highest BCUT2D eigenvalue weighted by atomic mass is 16.4. The molecule has 2 rings (SSSR count). The second-order valence-electron chi connectivity index (χ2n) is 5.18. The number of hydrogen-bond acceptors (Lipinski definition) is 2. The molecule has 0 unspecified atom stereocenters. The maximum Gasteiger partial charge on any atom is 0.319 e. The van der Waals surface area contributed by atoms with E-state index in [1.54, 1.807) is 0 Å². The zero-order valence-corrected chi connectivity index (χ0v) is 9.71. The summed E-state index contributed by atoms with van der Waals surface area (Å²) < 4.78 is 0. The Morgan fingerprint density at radius 3 is 2.00 bits per heavy atom. The monoisotopic (exact) mass is 225 g/mol. The van der Waals surface area contributed by atoms with Gasteiger partial charge in [-0.1, -0.05) is 13.3 Å². The molecule has 0 saturated heterocycles. The van der Waals surface area contributed by atoms with Gasteiger partial charge in [0.2, 0.25) is 5.91 Å². The molecule has 0 radical (unpaired) electrons. The third kappa shape index (κ3) is 1.51. The van der Waals surface area contributed by atoms with Gasteiger partial charge < -0.3 is 10.4 Å². The van der Waals surface area contributed by atoms with Crippen LogP contribution < -0.4 is 5.32 Å². The molecule has 1 amide bonds.